The number of ether oxygens (including phenoxy) is 1. The first-order chi connectivity index (χ1) is 14.5. The van der Waals surface area contributed by atoms with Crippen molar-refractivity contribution in [1.29, 1.82) is 0 Å². The predicted molar refractivity (Wildman–Crippen MR) is 109 cm³/mol. The lowest BCUT2D eigenvalue weighted by atomic mass is 9.88. The fourth-order valence-corrected chi connectivity index (χ4v) is 5.28. The molecule has 3 fully saturated rings. The van der Waals surface area contributed by atoms with Crippen molar-refractivity contribution < 1.29 is 19.1 Å². The molecule has 8 heteroatoms. The van der Waals surface area contributed by atoms with Gasteiger partial charge in [0, 0.05) is 31.1 Å². The van der Waals surface area contributed by atoms with E-state index in [-0.39, 0.29) is 29.7 Å². The van der Waals surface area contributed by atoms with Crippen LogP contribution in [-0.2, 0) is 27.4 Å². The lowest BCUT2D eigenvalue weighted by molar-refractivity contribution is -0.136. The Morgan fingerprint density at radius 3 is 2.83 bits per heavy atom. The first kappa shape index (κ1) is 19.7. The molecule has 30 heavy (non-hydrogen) atoms. The molecule has 0 aliphatic carbocycles. The first-order valence-corrected chi connectivity index (χ1v) is 10.9. The summed E-state index contributed by atoms with van der Waals surface area (Å²) in [6.07, 6.45) is 3.78. The van der Waals surface area contributed by atoms with Gasteiger partial charge in [0.1, 0.15) is 6.04 Å². The molecule has 4 heterocycles. The maximum Gasteiger partial charge on any atom is 0.255 e. The van der Waals surface area contributed by atoms with E-state index in [0.29, 0.717) is 31.1 Å². The Bertz CT molecular complexity index is 880. The van der Waals surface area contributed by atoms with Crippen LogP contribution in [0.5, 0.6) is 0 Å². The van der Waals surface area contributed by atoms with E-state index in [1.165, 1.54) is 0 Å². The van der Waals surface area contributed by atoms with E-state index in [0.717, 1.165) is 50.1 Å². The first-order valence-electron chi connectivity index (χ1n) is 10.9. The van der Waals surface area contributed by atoms with Crippen LogP contribution >= 0.6 is 0 Å². The van der Waals surface area contributed by atoms with Crippen molar-refractivity contribution in [3.05, 3.63) is 34.9 Å². The largest absolute Gasteiger partial charge is 0.373 e. The van der Waals surface area contributed by atoms with Crippen molar-refractivity contribution in [2.75, 3.05) is 19.7 Å². The molecule has 1 aromatic carbocycles. The molecule has 0 radical (unpaired) electrons. The highest BCUT2D eigenvalue weighted by Crippen LogP contribution is 2.34. The van der Waals surface area contributed by atoms with Crippen LogP contribution in [0.25, 0.3) is 0 Å². The van der Waals surface area contributed by atoms with Gasteiger partial charge in [-0.3, -0.25) is 19.7 Å². The summed E-state index contributed by atoms with van der Waals surface area (Å²) >= 11 is 0. The number of imide groups is 1. The molecule has 3 amide bonds. The summed E-state index contributed by atoms with van der Waals surface area (Å²) in [5.41, 5.74) is 2.74. The van der Waals surface area contributed by atoms with Crippen LogP contribution < -0.4 is 16.0 Å². The Morgan fingerprint density at radius 1 is 1.20 bits per heavy atom. The Morgan fingerprint density at radius 2 is 2.03 bits per heavy atom. The van der Waals surface area contributed by atoms with Gasteiger partial charge in [-0.2, -0.15) is 0 Å². The molecule has 0 aromatic heterocycles. The number of hydrogen-bond donors (Lipinski definition) is 3. The van der Waals surface area contributed by atoms with Crippen molar-refractivity contribution in [1.82, 2.24) is 20.9 Å². The summed E-state index contributed by atoms with van der Waals surface area (Å²) in [5, 5.41) is 9.37. The maximum atomic E-state index is 13.0. The molecule has 2 atom stereocenters. The zero-order valence-corrected chi connectivity index (χ0v) is 17.0. The van der Waals surface area contributed by atoms with Gasteiger partial charge in [-0.05, 0) is 56.0 Å². The summed E-state index contributed by atoms with van der Waals surface area (Å²) in [7, 11) is 0. The molecule has 8 nitrogen and oxygen atoms in total. The minimum absolute atomic E-state index is 0.0140. The third-order valence-corrected chi connectivity index (χ3v) is 6.98. The number of hydrogen-bond acceptors (Lipinski definition) is 6. The van der Waals surface area contributed by atoms with Crippen LogP contribution in [0.3, 0.4) is 0 Å². The van der Waals surface area contributed by atoms with Crippen molar-refractivity contribution in [2.45, 2.75) is 62.9 Å². The van der Waals surface area contributed by atoms with Crippen LogP contribution in [0.4, 0.5) is 0 Å². The Hall–Kier alpha value is -2.29. The van der Waals surface area contributed by atoms with Gasteiger partial charge in [-0.25, -0.2) is 0 Å². The quantitative estimate of drug-likeness (QED) is 0.621. The standard InChI is InChI=1S/C22H28N4O4/c27-19-5-4-18(20(28)25-19)26-12-17-14(2-1-3-16(17)21(26)29)11-24-15-10-22(30-13-15)6-8-23-9-7-22/h1-3,15,18,23-24H,4-13H2,(H,25,27,28). The van der Waals surface area contributed by atoms with Crippen LogP contribution in [0.1, 0.15) is 53.6 Å². The molecule has 1 aromatic rings. The van der Waals surface area contributed by atoms with E-state index in [9.17, 15) is 14.4 Å². The van der Waals surface area contributed by atoms with E-state index in [2.05, 4.69) is 16.0 Å². The lowest BCUT2D eigenvalue weighted by Gasteiger charge is -2.33. The Balaban J connectivity index is 1.26. The molecule has 4 aliphatic heterocycles. The van der Waals surface area contributed by atoms with Crippen LogP contribution in [0.2, 0.25) is 0 Å². The van der Waals surface area contributed by atoms with Crippen molar-refractivity contribution in [3.8, 4) is 0 Å². The number of nitrogens with one attached hydrogen (secondary N) is 3. The van der Waals surface area contributed by atoms with E-state index in [4.69, 9.17) is 4.74 Å². The number of fused-ring (bicyclic) bond motifs is 1. The third kappa shape index (κ3) is 3.53. The monoisotopic (exact) mass is 412 g/mol. The van der Waals surface area contributed by atoms with Gasteiger partial charge in [0.15, 0.2) is 0 Å². The van der Waals surface area contributed by atoms with E-state index in [1.807, 2.05) is 18.2 Å². The van der Waals surface area contributed by atoms with Gasteiger partial charge in [-0.1, -0.05) is 12.1 Å². The maximum absolute atomic E-state index is 13.0. The van der Waals surface area contributed by atoms with Gasteiger partial charge in [0.2, 0.25) is 11.8 Å². The number of rotatable bonds is 4. The smallest absolute Gasteiger partial charge is 0.255 e. The van der Waals surface area contributed by atoms with Crippen LogP contribution in [-0.4, -0.2) is 60.0 Å². The molecule has 1 spiro atoms. The average Bonchev–Trinajstić information content (AvgIpc) is 3.29. The van der Waals surface area contributed by atoms with E-state index < -0.39 is 6.04 Å². The number of amides is 3. The highest BCUT2D eigenvalue weighted by atomic mass is 16.5. The molecule has 0 bridgehead atoms. The fourth-order valence-electron chi connectivity index (χ4n) is 5.28. The summed E-state index contributed by atoms with van der Waals surface area (Å²) in [6, 6.07) is 5.51. The average molecular weight is 412 g/mol. The molecule has 4 aliphatic rings. The van der Waals surface area contributed by atoms with Gasteiger partial charge < -0.3 is 20.3 Å². The second-order valence-corrected chi connectivity index (χ2v) is 8.87. The predicted octanol–water partition coefficient (Wildman–Crippen LogP) is 0.448. The molecule has 160 valence electrons. The molecular formula is C22H28N4O4. The molecule has 5 rings (SSSR count). The minimum Gasteiger partial charge on any atom is -0.373 e. The van der Waals surface area contributed by atoms with Gasteiger partial charge in [0.25, 0.3) is 5.91 Å². The fraction of sp³-hybridized carbons (Fsp3) is 0.591. The van der Waals surface area contributed by atoms with Crippen molar-refractivity contribution in [3.63, 3.8) is 0 Å². The summed E-state index contributed by atoms with van der Waals surface area (Å²) < 4.78 is 6.17. The Labute approximate surface area is 175 Å². The molecule has 2 unspecified atom stereocenters. The van der Waals surface area contributed by atoms with Gasteiger partial charge in [-0.15, -0.1) is 0 Å². The molecule has 3 saturated heterocycles. The molecular weight excluding hydrogens is 384 g/mol. The number of carbonyl (C=O) groups excluding carboxylic acids is 3. The zero-order valence-electron chi connectivity index (χ0n) is 17.0. The summed E-state index contributed by atoms with van der Waals surface area (Å²) in [6.45, 7) is 3.82. The number of piperidine rings is 2. The SMILES string of the molecule is O=C1CCC(N2Cc3c(CNC4COC5(CCNCC5)C4)cccc3C2=O)C(=O)N1. The van der Waals surface area contributed by atoms with E-state index >= 15 is 0 Å². The number of nitrogens with zero attached hydrogens (tertiary/aromatic N) is 1. The van der Waals surface area contributed by atoms with Crippen LogP contribution in [0.15, 0.2) is 18.2 Å². The second-order valence-electron chi connectivity index (χ2n) is 8.87. The summed E-state index contributed by atoms with van der Waals surface area (Å²) in [5.74, 6) is -0.766. The highest BCUT2D eigenvalue weighted by Gasteiger charge is 2.42. The lowest BCUT2D eigenvalue weighted by Crippen LogP contribution is -2.52. The number of carbonyl (C=O) groups is 3. The van der Waals surface area contributed by atoms with Crippen LogP contribution in [0, 0.1) is 0 Å². The van der Waals surface area contributed by atoms with Gasteiger partial charge >= 0.3 is 0 Å². The normalized spacial score (nSPS) is 28.1. The highest BCUT2D eigenvalue weighted by molar-refractivity contribution is 6.05. The van der Waals surface area contributed by atoms with E-state index in [1.54, 1.807) is 4.90 Å². The minimum atomic E-state index is -0.577. The van der Waals surface area contributed by atoms with Crippen molar-refractivity contribution in [2.24, 2.45) is 0 Å². The topological polar surface area (TPSA) is 99.8 Å². The molecule has 3 N–H and O–H groups in total. The summed E-state index contributed by atoms with van der Waals surface area (Å²) in [4.78, 5) is 38.3. The Kier molecular flexibility index (Phi) is 5.08. The zero-order chi connectivity index (χ0) is 20.7. The van der Waals surface area contributed by atoms with Gasteiger partial charge in [0.05, 0.1) is 12.2 Å². The third-order valence-electron chi connectivity index (χ3n) is 6.98. The molecule has 0 saturated carbocycles. The second kappa shape index (κ2) is 7.76. The number of benzene rings is 1. The van der Waals surface area contributed by atoms with Crippen molar-refractivity contribution >= 4 is 17.7 Å².